The largest absolute Gasteiger partial charge is 0.493 e. The van der Waals surface area contributed by atoms with Crippen LogP contribution in [0.1, 0.15) is 17.9 Å². The molecular formula is C14H16F3NO3S. The third-order valence-corrected chi connectivity index (χ3v) is 4.35. The summed E-state index contributed by atoms with van der Waals surface area (Å²) >= 11 is 1.17. The van der Waals surface area contributed by atoms with E-state index < -0.39 is 24.0 Å². The van der Waals surface area contributed by atoms with Crippen LogP contribution in [0, 0.1) is 0 Å². The number of alkyl halides is 3. The molecule has 1 atom stereocenters. The van der Waals surface area contributed by atoms with Gasteiger partial charge < -0.3 is 14.4 Å². The first-order valence-corrected chi connectivity index (χ1v) is 7.69. The summed E-state index contributed by atoms with van der Waals surface area (Å²) in [5, 5.41) is -0.667. The predicted octanol–water partition coefficient (Wildman–Crippen LogP) is 3.23. The number of rotatable bonds is 5. The van der Waals surface area contributed by atoms with Crippen LogP contribution in [0.4, 0.5) is 13.2 Å². The molecular weight excluding hydrogens is 319 g/mol. The van der Waals surface area contributed by atoms with Crippen LogP contribution in [0.2, 0.25) is 0 Å². The Bertz CT molecular complexity index is 551. The van der Waals surface area contributed by atoms with Gasteiger partial charge in [0.15, 0.2) is 11.5 Å². The molecule has 0 radical (unpaired) electrons. The quantitative estimate of drug-likeness (QED) is 0.828. The Kier molecular flexibility index (Phi) is 5.10. The van der Waals surface area contributed by atoms with Gasteiger partial charge in [-0.1, -0.05) is 6.07 Å². The minimum atomic E-state index is -4.42. The van der Waals surface area contributed by atoms with Crippen LogP contribution in [0.15, 0.2) is 18.2 Å². The first kappa shape index (κ1) is 16.8. The Hall–Kier alpha value is -1.57. The van der Waals surface area contributed by atoms with Gasteiger partial charge in [-0.15, -0.1) is 11.8 Å². The van der Waals surface area contributed by atoms with E-state index in [1.807, 2.05) is 0 Å². The van der Waals surface area contributed by atoms with E-state index in [1.165, 1.54) is 18.9 Å². The number of hydrogen-bond acceptors (Lipinski definition) is 4. The summed E-state index contributed by atoms with van der Waals surface area (Å²) < 4.78 is 48.5. The lowest BCUT2D eigenvalue weighted by Gasteiger charge is -2.25. The van der Waals surface area contributed by atoms with Gasteiger partial charge in [0.2, 0.25) is 5.91 Å². The van der Waals surface area contributed by atoms with E-state index in [2.05, 4.69) is 0 Å². The second-order valence-electron chi connectivity index (χ2n) is 4.64. The highest BCUT2D eigenvalue weighted by molar-refractivity contribution is 8.00. The van der Waals surface area contributed by atoms with Gasteiger partial charge in [-0.05, 0) is 24.6 Å². The van der Waals surface area contributed by atoms with Gasteiger partial charge in [-0.25, -0.2) is 0 Å². The maximum Gasteiger partial charge on any atom is 0.406 e. The smallest absolute Gasteiger partial charge is 0.406 e. The molecule has 1 unspecified atom stereocenters. The Balaban J connectivity index is 2.29. The molecule has 1 aromatic carbocycles. The van der Waals surface area contributed by atoms with E-state index in [0.717, 1.165) is 4.90 Å². The van der Waals surface area contributed by atoms with Crippen LogP contribution in [0.5, 0.6) is 11.5 Å². The van der Waals surface area contributed by atoms with E-state index in [0.29, 0.717) is 23.7 Å². The summed E-state index contributed by atoms with van der Waals surface area (Å²) in [5.41, 5.74) is 0.587. The molecule has 0 saturated carbocycles. The second kappa shape index (κ2) is 6.68. The maximum atomic E-state index is 12.6. The molecule has 8 heteroatoms. The standard InChI is InChI=1S/C14H16F3NO3S/c1-3-21-11-6-9(4-5-10(11)20-2)13-18(8-14(15,16)17)12(19)7-22-13/h4-6,13H,3,7-8H2,1-2H3. The molecule has 2 rings (SSSR count). The van der Waals surface area contributed by atoms with Crippen molar-refractivity contribution in [3.63, 3.8) is 0 Å². The lowest BCUT2D eigenvalue weighted by molar-refractivity contribution is -0.159. The van der Waals surface area contributed by atoms with Crippen molar-refractivity contribution in [3.8, 4) is 11.5 Å². The number of carbonyl (C=O) groups excluding carboxylic acids is 1. The van der Waals surface area contributed by atoms with E-state index >= 15 is 0 Å². The van der Waals surface area contributed by atoms with Crippen molar-refractivity contribution >= 4 is 17.7 Å². The van der Waals surface area contributed by atoms with Gasteiger partial charge in [0.05, 0.1) is 19.5 Å². The third-order valence-electron chi connectivity index (χ3n) is 3.09. The van der Waals surface area contributed by atoms with Gasteiger partial charge in [-0.3, -0.25) is 4.79 Å². The molecule has 1 aliphatic rings. The summed E-state index contributed by atoms with van der Waals surface area (Å²) in [6.45, 7) is 0.957. The van der Waals surface area contributed by atoms with Crippen LogP contribution < -0.4 is 9.47 Å². The van der Waals surface area contributed by atoms with Gasteiger partial charge >= 0.3 is 6.18 Å². The zero-order chi connectivity index (χ0) is 16.3. The molecule has 0 N–H and O–H groups in total. The molecule has 4 nitrogen and oxygen atoms in total. The van der Waals surface area contributed by atoms with Crippen molar-refractivity contribution < 1.29 is 27.4 Å². The van der Waals surface area contributed by atoms with E-state index in [-0.39, 0.29) is 5.75 Å². The number of nitrogens with zero attached hydrogens (tertiary/aromatic N) is 1. The predicted molar refractivity (Wildman–Crippen MR) is 77.1 cm³/mol. The van der Waals surface area contributed by atoms with Crippen molar-refractivity contribution in [1.82, 2.24) is 4.90 Å². The minimum Gasteiger partial charge on any atom is -0.493 e. The molecule has 0 aromatic heterocycles. The SMILES string of the molecule is CCOc1cc(C2SCC(=O)N2CC(F)(F)F)ccc1OC. The van der Waals surface area contributed by atoms with Crippen LogP contribution >= 0.6 is 11.8 Å². The topological polar surface area (TPSA) is 38.8 Å². The monoisotopic (exact) mass is 335 g/mol. The fourth-order valence-corrected chi connectivity index (χ4v) is 3.39. The summed E-state index contributed by atoms with van der Waals surface area (Å²) in [6, 6.07) is 4.92. The first-order chi connectivity index (χ1) is 10.4. The molecule has 1 saturated heterocycles. The Morgan fingerprint density at radius 2 is 2.09 bits per heavy atom. The number of carbonyl (C=O) groups is 1. The van der Waals surface area contributed by atoms with Crippen molar-refractivity contribution in [1.29, 1.82) is 0 Å². The lowest BCUT2D eigenvalue weighted by atomic mass is 10.1. The molecule has 0 aliphatic carbocycles. The molecule has 1 heterocycles. The van der Waals surface area contributed by atoms with E-state index in [9.17, 15) is 18.0 Å². The maximum absolute atomic E-state index is 12.6. The molecule has 1 amide bonds. The van der Waals surface area contributed by atoms with E-state index in [1.54, 1.807) is 25.1 Å². The van der Waals surface area contributed by atoms with Crippen LogP contribution in [-0.4, -0.2) is 43.0 Å². The highest BCUT2D eigenvalue weighted by atomic mass is 32.2. The number of amides is 1. The van der Waals surface area contributed by atoms with Crippen molar-refractivity contribution in [2.75, 3.05) is 26.0 Å². The summed E-state index contributed by atoms with van der Waals surface area (Å²) in [5.74, 6) is 0.481. The van der Waals surface area contributed by atoms with Gasteiger partial charge in [0, 0.05) is 0 Å². The first-order valence-electron chi connectivity index (χ1n) is 6.64. The Labute approximate surface area is 130 Å². The number of benzene rings is 1. The van der Waals surface area contributed by atoms with Crippen LogP contribution in [0.3, 0.4) is 0 Å². The second-order valence-corrected chi connectivity index (χ2v) is 5.71. The molecule has 1 aromatic rings. The summed E-state index contributed by atoms with van der Waals surface area (Å²) in [7, 11) is 1.49. The summed E-state index contributed by atoms with van der Waals surface area (Å²) in [4.78, 5) is 12.6. The summed E-state index contributed by atoms with van der Waals surface area (Å²) in [6.07, 6.45) is -4.42. The number of ether oxygens (including phenoxy) is 2. The average molecular weight is 335 g/mol. The molecule has 1 aliphatic heterocycles. The van der Waals surface area contributed by atoms with E-state index in [4.69, 9.17) is 9.47 Å². The van der Waals surface area contributed by atoms with Gasteiger partial charge in [-0.2, -0.15) is 13.2 Å². The minimum absolute atomic E-state index is 0.0384. The van der Waals surface area contributed by atoms with Gasteiger partial charge in [0.1, 0.15) is 11.9 Å². The molecule has 0 spiro atoms. The van der Waals surface area contributed by atoms with Crippen molar-refractivity contribution in [2.45, 2.75) is 18.5 Å². The highest BCUT2D eigenvalue weighted by Crippen LogP contribution is 2.42. The van der Waals surface area contributed by atoms with Crippen LogP contribution in [0.25, 0.3) is 0 Å². The Morgan fingerprint density at radius 3 is 2.68 bits per heavy atom. The normalized spacial score (nSPS) is 18.7. The zero-order valence-electron chi connectivity index (χ0n) is 12.1. The van der Waals surface area contributed by atoms with Crippen LogP contribution in [-0.2, 0) is 4.79 Å². The van der Waals surface area contributed by atoms with Crippen molar-refractivity contribution in [3.05, 3.63) is 23.8 Å². The highest BCUT2D eigenvalue weighted by Gasteiger charge is 2.41. The average Bonchev–Trinajstić information content (AvgIpc) is 2.79. The van der Waals surface area contributed by atoms with Crippen molar-refractivity contribution in [2.24, 2.45) is 0 Å². The Morgan fingerprint density at radius 1 is 1.36 bits per heavy atom. The number of halogens is 3. The molecule has 122 valence electrons. The number of thioether (sulfide) groups is 1. The molecule has 22 heavy (non-hydrogen) atoms. The number of hydrogen-bond donors (Lipinski definition) is 0. The fraction of sp³-hybridized carbons (Fsp3) is 0.500. The molecule has 1 fully saturated rings. The van der Waals surface area contributed by atoms with Gasteiger partial charge in [0.25, 0.3) is 0 Å². The fourth-order valence-electron chi connectivity index (χ4n) is 2.21. The zero-order valence-corrected chi connectivity index (χ0v) is 13.0. The number of methoxy groups -OCH3 is 1. The third kappa shape index (κ3) is 3.79. The molecule has 0 bridgehead atoms. The lowest BCUT2D eigenvalue weighted by Crippen LogP contribution is -2.37.